The van der Waals surface area contributed by atoms with Gasteiger partial charge in [-0.15, -0.1) is 5.92 Å². The molecule has 0 aliphatic heterocycles. The minimum Gasteiger partial charge on any atom is -0.489 e. The standard InChI is InChI=1S/C20H22O3/c1-4-7-16(8-5-2)15-23-19-12-10-17(11-13-19)18(9-6-3)14-20(21)22/h4-5,7-8,10-13,18H,1,14-15H2,2-3H3,(H,21,22)/b8-5-,16-7+. The average molecular weight is 310 g/mol. The molecule has 0 radical (unpaired) electrons. The number of carboxylic acids is 1. The lowest BCUT2D eigenvalue weighted by Crippen LogP contribution is -2.05. The summed E-state index contributed by atoms with van der Waals surface area (Å²) in [6.45, 7) is 7.79. The highest BCUT2D eigenvalue weighted by Crippen LogP contribution is 2.22. The molecule has 3 nitrogen and oxygen atoms in total. The number of allylic oxidation sites excluding steroid dienone is 3. The number of hydrogen-bond donors (Lipinski definition) is 1. The number of rotatable bonds is 8. The molecule has 0 aromatic heterocycles. The van der Waals surface area contributed by atoms with E-state index in [1.54, 1.807) is 13.0 Å². The quantitative estimate of drug-likeness (QED) is 0.574. The SMILES string of the molecule is C=C/C=C(\C=C/C)COc1ccc(C(C#CC)CC(=O)O)cc1. The van der Waals surface area contributed by atoms with Gasteiger partial charge in [-0.1, -0.05) is 48.9 Å². The molecule has 0 heterocycles. The van der Waals surface area contributed by atoms with Crippen LogP contribution in [-0.4, -0.2) is 17.7 Å². The molecular weight excluding hydrogens is 288 g/mol. The monoisotopic (exact) mass is 310 g/mol. The summed E-state index contributed by atoms with van der Waals surface area (Å²) < 4.78 is 5.73. The van der Waals surface area contributed by atoms with Crippen molar-refractivity contribution >= 4 is 5.97 Å². The van der Waals surface area contributed by atoms with Crippen LogP contribution in [0.2, 0.25) is 0 Å². The van der Waals surface area contributed by atoms with Gasteiger partial charge in [0.1, 0.15) is 12.4 Å². The maximum Gasteiger partial charge on any atom is 0.304 e. The number of ether oxygens (including phenoxy) is 1. The molecule has 0 amide bonds. The molecular formula is C20H22O3. The summed E-state index contributed by atoms with van der Waals surface area (Å²) in [7, 11) is 0. The first-order chi connectivity index (χ1) is 11.1. The largest absolute Gasteiger partial charge is 0.489 e. The second kappa shape index (κ2) is 10.1. The molecule has 0 saturated heterocycles. The van der Waals surface area contributed by atoms with Crippen molar-refractivity contribution in [3.8, 4) is 17.6 Å². The van der Waals surface area contributed by atoms with Crippen molar-refractivity contribution in [1.29, 1.82) is 0 Å². The third kappa shape index (κ3) is 6.71. The van der Waals surface area contributed by atoms with Crippen molar-refractivity contribution < 1.29 is 14.6 Å². The lowest BCUT2D eigenvalue weighted by molar-refractivity contribution is -0.137. The summed E-state index contributed by atoms with van der Waals surface area (Å²) in [5, 5.41) is 8.96. The van der Waals surface area contributed by atoms with Gasteiger partial charge in [0.2, 0.25) is 0 Å². The zero-order chi connectivity index (χ0) is 17.1. The van der Waals surface area contributed by atoms with E-state index in [9.17, 15) is 4.79 Å². The first-order valence-electron chi connectivity index (χ1n) is 7.41. The van der Waals surface area contributed by atoms with Gasteiger partial charge < -0.3 is 9.84 Å². The molecule has 1 aromatic carbocycles. The first kappa shape index (κ1) is 18.3. The lowest BCUT2D eigenvalue weighted by atomic mass is 9.96. The van der Waals surface area contributed by atoms with Crippen molar-refractivity contribution in [2.45, 2.75) is 26.2 Å². The van der Waals surface area contributed by atoms with Gasteiger partial charge in [-0.25, -0.2) is 0 Å². The molecule has 23 heavy (non-hydrogen) atoms. The third-order valence-corrected chi connectivity index (χ3v) is 3.10. The minimum atomic E-state index is -0.858. The highest BCUT2D eigenvalue weighted by atomic mass is 16.5. The highest BCUT2D eigenvalue weighted by molar-refractivity contribution is 5.69. The average Bonchev–Trinajstić information content (AvgIpc) is 2.53. The topological polar surface area (TPSA) is 46.5 Å². The molecule has 0 spiro atoms. The minimum absolute atomic E-state index is 0.00540. The predicted molar refractivity (Wildman–Crippen MR) is 93.5 cm³/mol. The smallest absolute Gasteiger partial charge is 0.304 e. The summed E-state index contributed by atoms with van der Waals surface area (Å²) in [6.07, 6.45) is 7.53. The highest BCUT2D eigenvalue weighted by Gasteiger charge is 2.13. The number of carbonyl (C=O) groups is 1. The Morgan fingerprint density at radius 2 is 2.09 bits per heavy atom. The molecule has 0 aliphatic carbocycles. The second-order valence-electron chi connectivity index (χ2n) is 4.88. The van der Waals surface area contributed by atoms with Gasteiger partial charge in [0.15, 0.2) is 0 Å². The number of carboxylic acid groups (broad SMARTS) is 1. The molecule has 1 rings (SSSR count). The molecule has 1 atom stereocenters. The lowest BCUT2D eigenvalue weighted by Gasteiger charge is -2.11. The van der Waals surface area contributed by atoms with Gasteiger partial charge in [-0.05, 0) is 37.1 Å². The molecule has 120 valence electrons. The van der Waals surface area contributed by atoms with E-state index in [1.807, 2.05) is 49.4 Å². The summed E-state index contributed by atoms with van der Waals surface area (Å²) >= 11 is 0. The summed E-state index contributed by atoms with van der Waals surface area (Å²) in [5.74, 6) is 5.29. The summed E-state index contributed by atoms with van der Waals surface area (Å²) in [4.78, 5) is 10.9. The van der Waals surface area contributed by atoms with E-state index in [2.05, 4.69) is 18.4 Å². The molecule has 1 N–H and O–H groups in total. The fourth-order valence-electron chi connectivity index (χ4n) is 2.08. The van der Waals surface area contributed by atoms with Crippen LogP contribution in [0.15, 0.2) is 60.7 Å². The second-order valence-corrected chi connectivity index (χ2v) is 4.88. The molecule has 0 bridgehead atoms. The van der Waals surface area contributed by atoms with Crippen molar-refractivity contribution in [1.82, 2.24) is 0 Å². The van der Waals surface area contributed by atoms with E-state index in [0.29, 0.717) is 6.61 Å². The van der Waals surface area contributed by atoms with Crippen molar-refractivity contribution in [3.63, 3.8) is 0 Å². The van der Waals surface area contributed by atoms with Crippen LogP contribution in [0.25, 0.3) is 0 Å². The van der Waals surface area contributed by atoms with Gasteiger partial charge in [-0.3, -0.25) is 4.79 Å². The van der Waals surface area contributed by atoms with Gasteiger partial charge in [0.25, 0.3) is 0 Å². The van der Waals surface area contributed by atoms with Crippen LogP contribution in [0.1, 0.15) is 31.7 Å². The van der Waals surface area contributed by atoms with Crippen LogP contribution in [0.5, 0.6) is 5.75 Å². The van der Waals surface area contributed by atoms with Gasteiger partial charge in [0, 0.05) is 0 Å². The number of benzene rings is 1. The van der Waals surface area contributed by atoms with E-state index in [0.717, 1.165) is 16.9 Å². The van der Waals surface area contributed by atoms with Crippen molar-refractivity contribution in [2.24, 2.45) is 0 Å². The summed E-state index contributed by atoms with van der Waals surface area (Å²) in [5.41, 5.74) is 1.90. The molecule has 1 aromatic rings. The number of aliphatic carboxylic acids is 1. The molecule has 0 saturated carbocycles. The maximum absolute atomic E-state index is 10.9. The third-order valence-electron chi connectivity index (χ3n) is 3.10. The van der Waals surface area contributed by atoms with Crippen LogP contribution in [0.3, 0.4) is 0 Å². The fraction of sp³-hybridized carbons (Fsp3) is 0.250. The van der Waals surface area contributed by atoms with Crippen LogP contribution in [-0.2, 0) is 4.79 Å². The van der Waals surface area contributed by atoms with E-state index in [1.165, 1.54) is 0 Å². The Kier molecular flexibility index (Phi) is 8.02. The van der Waals surface area contributed by atoms with Crippen LogP contribution >= 0.6 is 0 Å². The normalized spacial score (nSPS) is 12.3. The van der Waals surface area contributed by atoms with E-state index >= 15 is 0 Å². The zero-order valence-electron chi connectivity index (χ0n) is 13.6. The molecule has 0 aliphatic rings. The molecule has 3 heteroatoms. The van der Waals surface area contributed by atoms with E-state index < -0.39 is 5.97 Å². The van der Waals surface area contributed by atoms with Gasteiger partial charge >= 0.3 is 5.97 Å². The Morgan fingerprint density at radius 1 is 1.39 bits per heavy atom. The van der Waals surface area contributed by atoms with Crippen LogP contribution in [0.4, 0.5) is 0 Å². The Balaban J connectivity index is 2.78. The number of hydrogen-bond acceptors (Lipinski definition) is 2. The van der Waals surface area contributed by atoms with E-state index in [-0.39, 0.29) is 12.3 Å². The van der Waals surface area contributed by atoms with Crippen LogP contribution < -0.4 is 4.74 Å². The van der Waals surface area contributed by atoms with Crippen LogP contribution in [0, 0.1) is 11.8 Å². The van der Waals surface area contributed by atoms with Gasteiger partial charge in [0.05, 0.1) is 12.3 Å². The zero-order valence-corrected chi connectivity index (χ0v) is 13.6. The molecule has 0 fully saturated rings. The van der Waals surface area contributed by atoms with Crippen molar-refractivity contribution in [2.75, 3.05) is 6.61 Å². The first-order valence-corrected chi connectivity index (χ1v) is 7.41. The fourth-order valence-corrected chi connectivity index (χ4v) is 2.08. The summed E-state index contributed by atoms with van der Waals surface area (Å²) in [6, 6.07) is 7.39. The Morgan fingerprint density at radius 3 is 2.61 bits per heavy atom. The predicted octanol–water partition coefficient (Wildman–Crippen LogP) is 4.34. The van der Waals surface area contributed by atoms with E-state index in [4.69, 9.17) is 9.84 Å². The Hall–Kier alpha value is -2.73. The maximum atomic E-state index is 10.9. The molecule has 1 unspecified atom stereocenters. The van der Waals surface area contributed by atoms with Gasteiger partial charge in [-0.2, -0.15) is 0 Å². The van der Waals surface area contributed by atoms with Crippen molar-refractivity contribution in [3.05, 3.63) is 66.3 Å². The Bertz CT molecular complexity index is 640. The Labute approximate surface area is 138 Å².